The first kappa shape index (κ1) is 17.6. The number of aromatic nitrogens is 5. The Kier molecular flexibility index (Phi) is 4.17. The molecule has 0 aliphatic heterocycles. The van der Waals surface area contributed by atoms with Crippen molar-refractivity contribution >= 4 is 28.4 Å². The number of rotatable bonds is 4. The third-order valence-corrected chi connectivity index (χ3v) is 5.53. The predicted molar refractivity (Wildman–Crippen MR) is 107 cm³/mol. The van der Waals surface area contributed by atoms with Gasteiger partial charge in [0.2, 0.25) is 11.7 Å². The summed E-state index contributed by atoms with van der Waals surface area (Å²) in [6.07, 6.45) is 1.55. The summed E-state index contributed by atoms with van der Waals surface area (Å²) in [5.74, 6) is 0.969. The molecule has 29 heavy (non-hydrogen) atoms. The van der Waals surface area contributed by atoms with Gasteiger partial charge in [0.25, 0.3) is 5.56 Å². The first-order valence-corrected chi connectivity index (χ1v) is 9.76. The summed E-state index contributed by atoms with van der Waals surface area (Å²) in [4.78, 5) is 16.9. The molecule has 2 aromatic carbocycles. The van der Waals surface area contributed by atoms with Crippen molar-refractivity contribution in [2.45, 2.75) is 10.9 Å². The second-order valence-corrected chi connectivity index (χ2v) is 7.38. The molecule has 0 saturated carbocycles. The van der Waals surface area contributed by atoms with Gasteiger partial charge in [-0.25, -0.2) is 9.37 Å². The second kappa shape index (κ2) is 6.85. The molecule has 0 spiro atoms. The smallest absolute Gasteiger partial charge is 0.262 e. The van der Waals surface area contributed by atoms with Crippen LogP contribution in [0, 0.1) is 5.82 Å². The topological polar surface area (TPSA) is 78.2 Å². The molecule has 0 amide bonds. The molecule has 0 unspecified atom stereocenters. The largest absolute Gasteiger partial charge is 0.444 e. The maximum atomic E-state index is 13.4. The van der Waals surface area contributed by atoms with Gasteiger partial charge in [-0.2, -0.15) is 0 Å². The number of oxazole rings is 1. The molecule has 5 aromatic rings. The van der Waals surface area contributed by atoms with Crippen LogP contribution in [0.2, 0.25) is 0 Å². The van der Waals surface area contributed by atoms with E-state index in [-0.39, 0.29) is 11.4 Å². The molecule has 0 aliphatic carbocycles. The average molecular weight is 407 g/mol. The van der Waals surface area contributed by atoms with Gasteiger partial charge in [-0.3, -0.25) is 13.8 Å². The molecule has 7 nitrogen and oxygen atoms in total. The van der Waals surface area contributed by atoms with E-state index in [1.54, 1.807) is 31.5 Å². The molecule has 3 heterocycles. The Bertz CT molecular complexity index is 1420. The summed E-state index contributed by atoms with van der Waals surface area (Å²) in [6, 6.07) is 13.5. The van der Waals surface area contributed by atoms with Gasteiger partial charge in [0.15, 0.2) is 5.16 Å². The summed E-state index contributed by atoms with van der Waals surface area (Å²) in [7, 11) is 1.68. The van der Waals surface area contributed by atoms with E-state index < -0.39 is 0 Å². The van der Waals surface area contributed by atoms with Gasteiger partial charge < -0.3 is 4.42 Å². The van der Waals surface area contributed by atoms with E-state index >= 15 is 0 Å². The molecule has 0 bridgehead atoms. The number of thioether (sulfide) groups is 1. The van der Waals surface area contributed by atoms with Crippen molar-refractivity contribution in [3.8, 4) is 11.5 Å². The second-order valence-electron chi connectivity index (χ2n) is 6.44. The molecule has 144 valence electrons. The zero-order valence-electron chi connectivity index (χ0n) is 15.2. The van der Waals surface area contributed by atoms with Crippen LogP contribution in [0.5, 0.6) is 0 Å². The van der Waals surface area contributed by atoms with Crippen molar-refractivity contribution in [3.63, 3.8) is 0 Å². The van der Waals surface area contributed by atoms with Crippen molar-refractivity contribution in [1.29, 1.82) is 0 Å². The Morgan fingerprint density at radius 1 is 1.14 bits per heavy atom. The molecule has 0 fully saturated rings. The lowest BCUT2D eigenvalue weighted by atomic mass is 10.2. The van der Waals surface area contributed by atoms with Crippen LogP contribution in [0.25, 0.3) is 28.1 Å². The number of nitrogens with zero attached hydrogens (tertiary/aromatic N) is 5. The molecule has 5 rings (SSSR count). The van der Waals surface area contributed by atoms with Gasteiger partial charge in [-0.1, -0.05) is 30.0 Å². The molecule has 0 N–H and O–H groups in total. The van der Waals surface area contributed by atoms with Crippen molar-refractivity contribution in [2.24, 2.45) is 7.05 Å². The summed E-state index contributed by atoms with van der Waals surface area (Å²) in [6.45, 7) is 0. The monoisotopic (exact) mass is 407 g/mol. The minimum atomic E-state index is -0.343. The van der Waals surface area contributed by atoms with Crippen LogP contribution in [0.15, 0.2) is 69.2 Å². The van der Waals surface area contributed by atoms with E-state index in [4.69, 9.17) is 4.42 Å². The number of para-hydroxylation sites is 1. The summed E-state index contributed by atoms with van der Waals surface area (Å²) >= 11 is 1.43. The summed E-state index contributed by atoms with van der Waals surface area (Å²) < 4.78 is 22.2. The fraction of sp³-hybridized carbons (Fsp3) is 0.100. The number of hydrogen-bond acceptors (Lipinski definition) is 6. The predicted octanol–water partition coefficient (Wildman–Crippen LogP) is 3.67. The molecule has 0 radical (unpaired) electrons. The van der Waals surface area contributed by atoms with Crippen molar-refractivity contribution in [1.82, 2.24) is 24.1 Å². The van der Waals surface area contributed by atoms with E-state index in [1.165, 1.54) is 28.5 Å². The molecular weight excluding hydrogens is 393 g/mol. The van der Waals surface area contributed by atoms with Crippen LogP contribution in [0.4, 0.5) is 4.39 Å². The van der Waals surface area contributed by atoms with E-state index in [9.17, 15) is 9.18 Å². The average Bonchev–Trinajstić information content (AvgIpc) is 3.38. The van der Waals surface area contributed by atoms with Crippen LogP contribution in [-0.4, -0.2) is 24.1 Å². The highest BCUT2D eigenvalue weighted by Crippen LogP contribution is 2.26. The first-order chi connectivity index (χ1) is 14.1. The SMILES string of the molecule is Cn1c(=O)c2ccccc2n2c(SCc3coc(-c4cccc(F)c4)n3)nnc12. The Morgan fingerprint density at radius 3 is 2.86 bits per heavy atom. The summed E-state index contributed by atoms with van der Waals surface area (Å²) in [5, 5.41) is 9.66. The van der Waals surface area contributed by atoms with E-state index in [1.807, 2.05) is 22.6 Å². The van der Waals surface area contributed by atoms with Gasteiger partial charge in [0.05, 0.1) is 16.6 Å². The molecule has 0 aliphatic rings. The number of hydrogen-bond donors (Lipinski definition) is 0. The molecule has 9 heteroatoms. The van der Waals surface area contributed by atoms with Gasteiger partial charge >= 0.3 is 0 Å². The zero-order chi connectivity index (χ0) is 20.0. The van der Waals surface area contributed by atoms with Crippen LogP contribution in [0.1, 0.15) is 5.69 Å². The van der Waals surface area contributed by atoms with Crippen LogP contribution < -0.4 is 5.56 Å². The molecule has 0 atom stereocenters. The lowest BCUT2D eigenvalue weighted by molar-refractivity contribution is 0.571. The number of halogens is 1. The Hall–Kier alpha value is -3.46. The van der Waals surface area contributed by atoms with Crippen LogP contribution in [-0.2, 0) is 12.8 Å². The molecule has 3 aromatic heterocycles. The Balaban J connectivity index is 1.49. The lowest BCUT2D eigenvalue weighted by Gasteiger charge is -2.07. The van der Waals surface area contributed by atoms with Gasteiger partial charge in [0.1, 0.15) is 12.1 Å². The zero-order valence-corrected chi connectivity index (χ0v) is 16.1. The Morgan fingerprint density at radius 2 is 2.00 bits per heavy atom. The summed E-state index contributed by atoms with van der Waals surface area (Å²) in [5.41, 5.74) is 1.90. The normalized spacial score (nSPS) is 11.5. The molecule has 0 saturated heterocycles. The maximum absolute atomic E-state index is 13.4. The van der Waals surface area contributed by atoms with Crippen molar-refractivity contribution in [2.75, 3.05) is 0 Å². The maximum Gasteiger partial charge on any atom is 0.262 e. The third kappa shape index (κ3) is 2.99. The van der Waals surface area contributed by atoms with Crippen LogP contribution >= 0.6 is 11.8 Å². The fourth-order valence-corrected chi connectivity index (χ4v) is 3.99. The van der Waals surface area contributed by atoms with Crippen LogP contribution in [0.3, 0.4) is 0 Å². The molecular formula is C20H14FN5O2S. The van der Waals surface area contributed by atoms with Gasteiger partial charge in [-0.05, 0) is 30.3 Å². The number of fused-ring (bicyclic) bond motifs is 3. The minimum Gasteiger partial charge on any atom is -0.444 e. The quantitative estimate of drug-likeness (QED) is 0.423. The number of aryl methyl sites for hydroxylation is 1. The standard InChI is InChI=1S/C20H14FN5O2S/c1-25-18(27)15-7-2-3-8-16(15)26-19(25)23-24-20(26)29-11-14-10-28-17(22-14)12-5-4-6-13(21)9-12/h2-10H,11H2,1H3. The Labute approximate surface area is 167 Å². The fourth-order valence-electron chi connectivity index (χ4n) is 3.17. The van der Waals surface area contributed by atoms with Gasteiger partial charge in [-0.15, -0.1) is 10.2 Å². The van der Waals surface area contributed by atoms with E-state index in [0.29, 0.717) is 39.2 Å². The highest BCUT2D eigenvalue weighted by Gasteiger charge is 2.16. The highest BCUT2D eigenvalue weighted by molar-refractivity contribution is 7.98. The lowest BCUT2D eigenvalue weighted by Crippen LogP contribution is -2.20. The van der Waals surface area contributed by atoms with E-state index in [2.05, 4.69) is 15.2 Å². The highest BCUT2D eigenvalue weighted by atomic mass is 32.2. The first-order valence-electron chi connectivity index (χ1n) is 8.78. The third-order valence-electron chi connectivity index (χ3n) is 4.57. The van der Waals surface area contributed by atoms with Gasteiger partial charge in [0, 0.05) is 18.4 Å². The number of benzene rings is 2. The van der Waals surface area contributed by atoms with E-state index in [0.717, 1.165) is 5.52 Å². The minimum absolute atomic E-state index is 0.117. The van der Waals surface area contributed by atoms with Crippen molar-refractivity contribution in [3.05, 3.63) is 76.7 Å². The van der Waals surface area contributed by atoms with Crippen molar-refractivity contribution < 1.29 is 8.81 Å².